The maximum Gasteiger partial charge on any atom is 0.0930 e. The fraction of sp³-hybridized carbons (Fsp3) is 1.00. The molecule has 1 aliphatic rings. The molecule has 1 saturated heterocycles. The Bertz CT molecular complexity index is 147. The molecule has 0 radical (unpaired) electrons. The van der Waals surface area contributed by atoms with Crippen LogP contribution in [0.1, 0.15) is 84.0 Å². The van der Waals surface area contributed by atoms with Crippen molar-refractivity contribution in [3.8, 4) is 0 Å². The van der Waals surface area contributed by atoms with E-state index in [1.54, 1.807) is 0 Å². The molecule has 17 heavy (non-hydrogen) atoms. The monoisotopic (exact) mass is 242 g/mol. The lowest BCUT2D eigenvalue weighted by atomic mass is 10.0. The van der Waals surface area contributed by atoms with E-state index in [1.807, 2.05) is 0 Å². The highest BCUT2D eigenvalue weighted by Gasteiger charge is 2.10. The van der Waals surface area contributed by atoms with Gasteiger partial charge in [-0.2, -0.15) is 0 Å². The Kier molecular flexibility index (Phi) is 9.72. The first-order chi connectivity index (χ1) is 8.43. The Morgan fingerprint density at radius 2 is 1.59 bits per heavy atom. The molecule has 1 aliphatic heterocycles. The van der Waals surface area contributed by atoms with Gasteiger partial charge >= 0.3 is 0 Å². The molecule has 1 heterocycles. The van der Waals surface area contributed by atoms with Crippen molar-refractivity contribution in [2.24, 2.45) is 0 Å². The third kappa shape index (κ3) is 8.62. The van der Waals surface area contributed by atoms with Gasteiger partial charge in [0.1, 0.15) is 0 Å². The topological polar surface area (TPSA) is 18.5 Å². The normalized spacial score (nSPS) is 24.9. The van der Waals surface area contributed by atoms with E-state index in [0.717, 1.165) is 13.0 Å². The molecule has 1 fully saturated rings. The van der Waals surface area contributed by atoms with Crippen LogP contribution in [-0.2, 0) is 9.78 Å². The van der Waals surface area contributed by atoms with E-state index >= 15 is 0 Å². The summed E-state index contributed by atoms with van der Waals surface area (Å²) in [6.45, 7) is 3.03. The van der Waals surface area contributed by atoms with Gasteiger partial charge in [-0.25, -0.2) is 9.78 Å². The summed E-state index contributed by atoms with van der Waals surface area (Å²) in [4.78, 5) is 10.9. The van der Waals surface area contributed by atoms with Crippen molar-refractivity contribution in [2.75, 3.05) is 6.61 Å². The summed E-state index contributed by atoms with van der Waals surface area (Å²) in [5.41, 5.74) is 0. The summed E-state index contributed by atoms with van der Waals surface area (Å²) in [6.07, 6.45) is 15.9. The highest BCUT2D eigenvalue weighted by Crippen LogP contribution is 2.17. The Labute approximate surface area is 107 Å². The number of unbranched alkanes of at least 4 members (excludes halogenated alkanes) is 2. The molecule has 102 valence electrons. The van der Waals surface area contributed by atoms with E-state index in [9.17, 15) is 0 Å². The fourth-order valence-corrected chi connectivity index (χ4v) is 2.42. The number of rotatable bonds is 4. The second kappa shape index (κ2) is 11.0. The quantitative estimate of drug-likeness (QED) is 0.509. The third-order valence-corrected chi connectivity index (χ3v) is 3.59. The molecule has 0 aliphatic carbocycles. The first kappa shape index (κ1) is 15.0. The smallest absolute Gasteiger partial charge is 0.0930 e. The molecular formula is C15H30O2. The Morgan fingerprint density at radius 3 is 2.35 bits per heavy atom. The molecule has 0 aromatic rings. The van der Waals surface area contributed by atoms with Crippen molar-refractivity contribution in [1.82, 2.24) is 0 Å². The summed E-state index contributed by atoms with van der Waals surface area (Å²) in [5.74, 6) is 0. The Hall–Kier alpha value is -0.0800. The van der Waals surface area contributed by atoms with E-state index in [2.05, 4.69) is 6.92 Å². The van der Waals surface area contributed by atoms with E-state index in [4.69, 9.17) is 9.78 Å². The molecule has 0 aromatic carbocycles. The van der Waals surface area contributed by atoms with Crippen LogP contribution in [0.2, 0.25) is 0 Å². The van der Waals surface area contributed by atoms with Gasteiger partial charge in [0.2, 0.25) is 0 Å². The van der Waals surface area contributed by atoms with E-state index in [1.165, 1.54) is 70.6 Å². The van der Waals surface area contributed by atoms with Crippen molar-refractivity contribution >= 4 is 0 Å². The highest BCUT2D eigenvalue weighted by atomic mass is 17.2. The van der Waals surface area contributed by atoms with Gasteiger partial charge in [0.05, 0.1) is 12.7 Å². The van der Waals surface area contributed by atoms with Gasteiger partial charge in [0.25, 0.3) is 0 Å². The van der Waals surface area contributed by atoms with Crippen LogP contribution in [0.25, 0.3) is 0 Å². The van der Waals surface area contributed by atoms with Crippen LogP contribution < -0.4 is 0 Å². The van der Waals surface area contributed by atoms with Crippen LogP contribution in [0.5, 0.6) is 0 Å². The molecular weight excluding hydrogens is 212 g/mol. The molecule has 1 atom stereocenters. The molecule has 0 bridgehead atoms. The average Bonchev–Trinajstić information content (AvgIpc) is 2.32. The maximum atomic E-state index is 5.56. The third-order valence-electron chi connectivity index (χ3n) is 3.59. The van der Waals surface area contributed by atoms with Crippen LogP contribution in [0, 0.1) is 0 Å². The van der Waals surface area contributed by atoms with Gasteiger partial charge in [-0.3, -0.25) is 0 Å². The van der Waals surface area contributed by atoms with Crippen molar-refractivity contribution in [1.29, 1.82) is 0 Å². The van der Waals surface area contributed by atoms with Crippen LogP contribution >= 0.6 is 0 Å². The first-order valence-electron chi connectivity index (χ1n) is 7.71. The van der Waals surface area contributed by atoms with Gasteiger partial charge in [-0.1, -0.05) is 64.7 Å². The van der Waals surface area contributed by atoms with Crippen LogP contribution in [0.3, 0.4) is 0 Å². The lowest BCUT2D eigenvalue weighted by Crippen LogP contribution is -2.14. The van der Waals surface area contributed by atoms with Gasteiger partial charge in [-0.15, -0.1) is 0 Å². The second-order valence-electron chi connectivity index (χ2n) is 5.30. The molecule has 0 N–H and O–H groups in total. The van der Waals surface area contributed by atoms with Gasteiger partial charge in [0.15, 0.2) is 0 Å². The fourth-order valence-electron chi connectivity index (χ4n) is 2.42. The highest BCUT2D eigenvalue weighted by molar-refractivity contribution is 4.58. The summed E-state index contributed by atoms with van der Waals surface area (Å²) >= 11 is 0. The largest absolute Gasteiger partial charge is 0.236 e. The maximum absolute atomic E-state index is 5.56. The zero-order valence-electron chi connectivity index (χ0n) is 11.6. The Balaban J connectivity index is 2.17. The van der Waals surface area contributed by atoms with Crippen LogP contribution in [0.4, 0.5) is 0 Å². The molecule has 2 nitrogen and oxygen atoms in total. The van der Waals surface area contributed by atoms with Crippen LogP contribution in [0.15, 0.2) is 0 Å². The average molecular weight is 242 g/mol. The SMILES string of the molecule is CCCCCC1CCCCCCCCCOO1. The zero-order valence-corrected chi connectivity index (χ0v) is 11.6. The minimum atomic E-state index is 0.348. The minimum absolute atomic E-state index is 0.348. The molecule has 0 aromatic heterocycles. The molecule has 1 unspecified atom stereocenters. The standard InChI is InChI=1S/C15H30O2/c1-2-3-9-12-15-13-10-7-5-4-6-8-11-14-16-17-15/h15H,2-14H2,1H3. The van der Waals surface area contributed by atoms with Gasteiger partial charge in [-0.05, 0) is 19.3 Å². The molecule has 0 amide bonds. The van der Waals surface area contributed by atoms with Crippen LogP contribution in [-0.4, -0.2) is 12.7 Å². The first-order valence-corrected chi connectivity index (χ1v) is 7.71. The van der Waals surface area contributed by atoms with E-state index in [-0.39, 0.29) is 0 Å². The summed E-state index contributed by atoms with van der Waals surface area (Å²) in [7, 11) is 0. The van der Waals surface area contributed by atoms with Crippen molar-refractivity contribution in [3.63, 3.8) is 0 Å². The Morgan fingerprint density at radius 1 is 0.882 bits per heavy atom. The molecule has 0 saturated carbocycles. The van der Waals surface area contributed by atoms with E-state index < -0.39 is 0 Å². The number of hydrogen-bond acceptors (Lipinski definition) is 2. The van der Waals surface area contributed by atoms with Crippen molar-refractivity contribution < 1.29 is 9.78 Å². The molecule has 1 rings (SSSR count). The lowest BCUT2D eigenvalue weighted by Gasteiger charge is -2.17. The molecule has 2 heteroatoms. The predicted molar refractivity (Wildman–Crippen MR) is 71.9 cm³/mol. The van der Waals surface area contributed by atoms with E-state index in [0.29, 0.717) is 6.10 Å². The summed E-state index contributed by atoms with van der Waals surface area (Å²) in [5, 5.41) is 0. The lowest BCUT2D eigenvalue weighted by molar-refractivity contribution is -0.327. The molecule has 0 spiro atoms. The van der Waals surface area contributed by atoms with Crippen molar-refractivity contribution in [3.05, 3.63) is 0 Å². The van der Waals surface area contributed by atoms with Gasteiger partial charge in [0, 0.05) is 0 Å². The predicted octanol–water partition coefficient (Wildman–Crippen LogP) is 5.02. The number of hydrogen-bond donors (Lipinski definition) is 0. The summed E-state index contributed by atoms with van der Waals surface area (Å²) in [6, 6.07) is 0. The van der Waals surface area contributed by atoms with Crippen molar-refractivity contribution in [2.45, 2.75) is 90.1 Å². The summed E-state index contributed by atoms with van der Waals surface area (Å²) < 4.78 is 0. The van der Waals surface area contributed by atoms with Gasteiger partial charge < -0.3 is 0 Å². The second-order valence-corrected chi connectivity index (χ2v) is 5.30. The minimum Gasteiger partial charge on any atom is -0.236 e. The zero-order chi connectivity index (χ0) is 12.2.